The molecule has 0 unspecified atom stereocenters. The Morgan fingerprint density at radius 1 is 0.369 bits per heavy atom. The van der Waals surface area contributed by atoms with Crippen molar-refractivity contribution < 1.29 is 137 Å². The molecule has 32 heteroatoms. The van der Waals surface area contributed by atoms with Crippen molar-refractivity contribution in [1.82, 2.24) is 79.1 Å². The Bertz CT molecular complexity index is 2880. The summed E-state index contributed by atoms with van der Waals surface area (Å²) in [6.07, 6.45) is 42.1. The molecule has 4 aliphatic heterocycles. The fraction of sp³-hybridized carbons (Fsp3) is 0.225. The van der Waals surface area contributed by atoms with E-state index in [0.717, 1.165) is 94.6 Å². The first-order valence-corrected chi connectivity index (χ1v) is 29.5. The zero-order valence-electron chi connectivity index (χ0n) is 57.8. The quantitative estimate of drug-likeness (QED) is 0.0470. The van der Waals surface area contributed by atoms with E-state index in [1.54, 1.807) is 73.7 Å². The normalized spacial score (nSPS) is 11.0. The molecule has 5 radical (unpaired) electrons. The summed E-state index contributed by atoms with van der Waals surface area (Å²) in [4.78, 5) is 50.6. The number of hydrogen-bond donors (Lipinski definition) is 3. The van der Waals surface area contributed by atoms with Crippen LogP contribution in [-0.2, 0) is 166 Å². The smallest absolute Gasteiger partial charge is 0.506 e. The minimum atomic E-state index is 0. The molecule has 0 saturated heterocycles. The van der Waals surface area contributed by atoms with Gasteiger partial charge in [0, 0.05) is 223 Å². The third-order valence-corrected chi connectivity index (χ3v) is 11.2. The molecule has 0 fully saturated rings. The molecule has 0 amide bonds. The Kier molecular flexibility index (Phi) is 74.7. The number of rotatable bonds is 16. The summed E-state index contributed by atoms with van der Waals surface area (Å²) in [6, 6.07) is 47.2. The SMILES string of the molecule is C1=CN(Cc2ccccn2)[CH-]N1Cc1ccccn1.C1=CN(Cc2ccccn2)[CH-]N1Cc1ccccn1.CC#N.CC#N.CC#N.CC#N.CC#N.CO.CO.CO.[Au].[Au].[Cu+2].[Cu+].[Cu].[Cu].[c-]1ccnc[n+]1CN1C=CN(Cc2ccccn2)[CH-]1.[c-]1ccncc1CN1C=CN(C[n+]2[c-]ccnc2)[CH-]1. The molecule has 8 aromatic rings. The van der Waals surface area contributed by atoms with E-state index in [0.29, 0.717) is 13.3 Å². The number of aliphatic hydroxyl groups is 3. The molecule has 26 nitrogen and oxygen atoms in total. The first-order valence-electron chi connectivity index (χ1n) is 29.5. The van der Waals surface area contributed by atoms with Crippen LogP contribution in [0, 0.1) is 102 Å². The van der Waals surface area contributed by atoms with Crippen molar-refractivity contribution in [2.75, 3.05) is 21.3 Å². The van der Waals surface area contributed by atoms with Gasteiger partial charge in [-0.3, -0.25) is 24.9 Å². The van der Waals surface area contributed by atoms with Gasteiger partial charge in [0.1, 0.15) is 13.3 Å². The summed E-state index contributed by atoms with van der Waals surface area (Å²) in [6.45, 7) is 21.5. The topological polar surface area (TPSA) is 316 Å². The first kappa shape index (κ1) is 105. The average molecular weight is 1960 g/mol. The van der Waals surface area contributed by atoms with Crippen LogP contribution < -0.4 is 9.13 Å². The van der Waals surface area contributed by atoms with Gasteiger partial charge < -0.3 is 68.6 Å². The molecular formula is C71H84Au2Cu4N23O3-2. The predicted octanol–water partition coefficient (Wildman–Crippen LogP) is 7.89. The van der Waals surface area contributed by atoms with E-state index < -0.39 is 0 Å². The Morgan fingerprint density at radius 2 is 0.602 bits per heavy atom. The van der Waals surface area contributed by atoms with Gasteiger partial charge in [-0.1, -0.05) is 54.9 Å². The number of nitriles is 5. The Balaban J connectivity index is -0.000000274. The summed E-state index contributed by atoms with van der Waals surface area (Å²) < 4.78 is 3.78. The Labute approximate surface area is 682 Å². The molecule has 4 aliphatic rings. The van der Waals surface area contributed by atoms with Crippen LogP contribution in [0.25, 0.3) is 0 Å². The van der Waals surface area contributed by atoms with Gasteiger partial charge in [-0.25, -0.2) is 0 Å². The van der Waals surface area contributed by atoms with Crippen LogP contribution in [0.2, 0.25) is 0 Å². The maximum atomic E-state index is 7.32. The fourth-order valence-corrected chi connectivity index (χ4v) is 7.67. The van der Waals surface area contributed by atoms with Gasteiger partial charge in [-0.05, 0) is 117 Å². The van der Waals surface area contributed by atoms with Crippen molar-refractivity contribution in [1.29, 1.82) is 26.3 Å². The summed E-state index contributed by atoms with van der Waals surface area (Å²) >= 11 is 0. The summed E-state index contributed by atoms with van der Waals surface area (Å²) in [5.41, 5.74) is 6.34. The number of hydrogen-bond acceptors (Lipinski definition) is 24. The van der Waals surface area contributed by atoms with Gasteiger partial charge in [-0.2, -0.15) is 75.1 Å². The summed E-state index contributed by atoms with van der Waals surface area (Å²) in [5, 5.41) is 57.6. The number of aromatic nitrogens is 10. The number of pyridine rings is 6. The van der Waals surface area contributed by atoms with Crippen molar-refractivity contribution in [2.24, 2.45) is 0 Å². The minimum Gasteiger partial charge on any atom is -0.506 e. The zero-order chi connectivity index (χ0) is 71.2. The molecule has 12 heterocycles. The zero-order valence-corrected chi connectivity index (χ0v) is 65.9. The van der Waals surface area contributed by atoms with Crippen LogP contribution in [0.3, 0.4) is 0 Å². The summed E-state index contributed by atoms with van der Waals surface area (Å²) in [5.74, 6) is 0. The standard InChI is InChI=1S/2C15H15N4.C14H13N5.C14H14N5.5C2H3N.3CH4O.2Au.4Cu/c2*1-3-7-16-14(5-1)11-18-9-10-19(13-18)12-15-6-2-4-8-17-15;1-3-14(9-15-4-1)10-17-7-8-19(12-17)13-18-6-2-5-16-11-18;1-2-6-16-14(4-1)10-17-8-9-19(12-17)13-18-7-3-5-15-11-18;5*1-2-3;3*1-2;;;;;;/h2*1-10,13H,11-12H2;1-2,4-5,7-9,11-12H,10,13H2;1-6,8-9,11-12H,10,13H2;5*1H3;3*2H,1H3;;;;;;/q2*-1;-2;-1;;;;;;;;;;;;;+1;+2. The van der Waals surface area contributed by atoms with E-state index >= 15 is 0 Å². The van der Waals surface area contributed by atoms with Crippen molar-refractivity contribution in [3.8, 4) is 30.3 Å². The Hall–Kier alpha value is -8.69. The van der Waals surface area contributed by atoms with Crippen LogP contribution in [0.5, 0.6) is 0 Å². The predicted molar refractivity (Wildman–Crippen MR) is 362 cm³/mol. The van der Waals surface area contributed by atoms with E-state index in [4.69, 9.17) is 41.6 Å². The van der Waals surface area contributed by atoms with E-state index in [2.05, 4.69) is 136 Å². The summed E-state index contributed by atoms with van der Waals surface area (Å²) in [7, 11) is 3.00. The van der Waals surface area contributed by atoms with E-state index in [-0.39, 0.29) is 113 Å². The van der Waals surface area contributed by atoms with Gasteiger partial charge in [0.05, 0.1) is 58.8 Å². The van der Waals surface area contributed by atoms with E-state index in [1.165, 1.54) is 34.6 Å². The molecule has 0 aromatic carbocycles. The molecule has 0 atom stereocenters. The molecule has 12 rings (SSSR count). The number of aliphatic hydroxyl groups excluding tert-OH is 3. The average Bonchev–Trinajstić information content (AvgIpc) is 1.77. The largest absolute Gasteiger partial charge is 2.00 e. The van der Waals surface area contributed by atoms with Crippen LogP contribution in [0.1, 0.15) is 68.7 Å². The van der Waals surface area contributed by atoms with Crippen molar-refractivity contribution >= 4 is 0 Å². The van der Waals surface area contributed by atoms with Crippen molar-refractivity contribution in [3.63, 3.8) is 0 Å². The van der Waals surface area contributed by atoms with Crippen molar-refractivity contribution in [2.45, 2.75) is 87.2 Å². The molecule has 103 heavy (non-hydrogen) atoms. The second kappa shape index (κ2) is 73.1. The van der Waals surface area contributed by atoms with Crippen molar-refractivity contribution in [3.05, 3.63) is 306 Å². The van der Waals surface area contributed by atoms with Crippen LogP contribution in [0.4, 0.5) is 0 Å². The monoisotopic (exact) mass is 1950 g/mol. The van der Waals surface area contributed by atoms with Gasteiger partial charge in [0.2, 0.25) is 0 Å². The maximum Gasteiger partial charge on any atom is 2.00 e. The third-order valence-electron chi connectivity index (χ3n) is 11.2. The fourth-order valence-electron chi connectivity index (χ4n) is 7.67. The molecule has 0 bridgehead atoms. The van der Waals surface area contributed by atoms with Gasteiger partial charge in [0.25, 0.3) is 0 Å². The second-order valence-corrected chi connectivity index (χ2v) is 18.3. The first-order chi connectivity index (χ1) is 47.7. The molecule has 3 N–H and O–H groups in total. The second-order valence-electron chi connectivity index (χ2n) is 18.3. The van der Waals surface area contributed by atoms with Gasteiger partial charge >= 0.3 is 34.1 Å². The van der Waals surface area contributed by atoms with E-state index in [9.17, 15) is 0 Å². The van der Waals surface area contributed by atoms with Crippen LogP contribution >= 0.6 is 0 Å². The third kappa shape index (κ3) is 51.2. The Morgan fingerprint density at radius 3 is 0.816 bits per heavy atom. The minimum absolute atomic E-state index is 0. The van der Waals surface area contributed by atoms with E-state index in [1.807, 2.05) is 182 Å². The van der Waals surface area contributed by atoms with Gasteiger partial charge in [-0.15, -0.1) is 5.56 Å². The molecule has 0 aliphatic carbocycles. The van der Waals surface area contributed by atoms with Crippen LogP contribution in [-0.4, -0.2) is 116 Å². The molecule has 569 valence electrons. The van der Waals surface area contributed by atoms with Crippen LogP contribution in [0.15, 0.2) is 227 Å². The molecule has 0 spiro atoms. The molecular weight excluding hydrogens is 1870 g/mol. The van der Waals surface area contributed by atoms with Gasteiger partial charge in [0.15, 0.2) is 12.7 Å². The molecule has 8 aromatic heterocycles. The maximum absolute atomic E-state index is 7.32. The number of nitrogens with zero attached hydrogens (tertiary/aromatic N) is 23. The molecule has 0 saturated carbocycles.